The Morgan fingerprint density at radius 2 is 2.12 bits per heavy atom. The van der Waals surface area contributed by atoms with Crippen molar-refractivity contribution in [3.8, 4) is 0 Å². The van der Waals surface area contributed by atoms with E-state index < -0.39 is 0 Å². The van der Waals surface area contributed by atoms with E-state index in [0.717, 1.165) is 17.6 Å². The van der Waals surface area contributed by atoms with E-state index >= 15 is 0 Å². The molecule has 1 atom stereocenters. The van der Waals surface area contributed by atoms with Gasteiger partial charge in [0, 0.05) is 12.7 Å². The molecule has 17 heavy (non-hydrogen) atoms. The van der Waals surface area contributed by atoms with Gasteiger partial charge in [0.25, 0.3) is 0 Å². The highest BCUT2D eigenvalue weighted by atomic mass is 79.9. The van der Waals surface area contributed by atoms with Crippen molar-refractivity contribution < 1.29 is 0 Å². The molecule has 1 heterocycles. The fourth-order valence-corrected chi connectivity index (χ4v) is 2.11. The van der Waals surface area contributed by atoms with Crippen molar-refractivity contribution in [2.75, 3.05) is 13.1 Å². The summed E-state index contributed by atoms with van der Waals surface area (Å²) in [6.07, 6.45) is 3.83. The minimum atomic E-state index is 0.238. The number of nitrogens with zero attached hydrogens (tertiary/aromatic N) is 2. The van der Waals surface area contributed by atoms with Gasteiger partial charge in [-0.3, -0.25) is 4.68 Å². The van der Waals surface area contributed by atoms with Gasteiger partial charge in [0.15, 0.2) is 0 Å². The molecular weight excluding hydrogens is 278 g/mol. The first kappa shape index (κ1) is 12.3. The summed E-state index contributed by atoms with van der Waals surface area (Å²) < 4.78 is 3.00. The molecule has 1 unspecified atom stereocenters. The van der Waals surface area contributed by atoms with Crippen molar-refractivity contribution in [2.24, 2.45) is 0 Å². The van der Waals surface area contributed by atoms with Crippen LogP contribution in [0.5, 0.6) is 0 Å². The Morgan fingerprint density at radius 3 is 2.71 bits per heavy atom. The zero-order valence-electron chi connectivity index (χ0n) is 9.81. The first-order valence-corrected chi connectivity index (χ1v) is 6.56. The lowest BCUT2D eigenvalue weighted by atomic mass is 10.1. The van der Waals surface area contributed by atoms with E-state index in [4.69, 9.17) is 0 Å². The predicted octanol–water partition coefficient (Wildman–Crippen LogP) is 2.84. The molecule has 90 valence electrons. The van der Waals surface area contributed by atoms with Crippen LogP contribution in [-0.2, 0) is 0 Å². The highest BCUT2D eigenvalue weighted by molar-refractivity contribution is 9.10. The van der Waals surface area contributed by atoms with Gasteiger partial charge in [-0.15, -0.1) is 0 Å². The molecule has 0 spiro atoms. The van der Waals surface area contributed by atoms with Crippen LogP contribution in [-0.4, -0.2) is 22.9 Å². The standard InChI is InChI=1S/C13H16BrN3/c1-2-15-9-13(11-6-4-3-5-7-11)17-10-12(14)8-16-17/h3-8,10,13,15H,2,9H2,1H3. The van der Waals surface area contributed by atoms with Crippen molar-refractivity contribution in [1.29, 1.82) is 0 Å². The van der Waals surface area contributed by atoms with E-state index in [2.05, 4.69) is 57.5 Å². The molecular formula is C13H16BrN3. The fraction of sp³-hybridized carbons (Fsp3) is 0.308. The summed E-state index contributed by atoms with van der Waals surface area (Å²) in [5.41, 5.74) is 1.27. The van der Waals surface area contributed by atoms with Gasteiger partial charge in [0.1, 0.15) is 0 Å². The Hall–Kier alpha value is -1.13. The summed E-state index contributed by atoms with van der Waals surface area (Å²) in [6, 6.07) is 10.7. The molecule has 1 N–H and O–H groups in total. The van der Waals surface area contributed by atoms with Crippen LogP contribution in [0, 0.1) is 0 Å². The third-order valence-electron chi connectivity index (χ3n) is 2.66. The van der Waals surface area contributed by atoms with E-state index in [-0.39, 0.29) is 6.04 Å². The number of likely N-dealkylation sites (N-methyl/N-ethyl adjacent to an activating group) is 1. The van der Waals surface area contributed by atoms with Crippen LogP contribution in [0.3, 0.4) is 0 Å². The monoisotopic (exact) mass is 293 g/mol. The third kappa shape index (κ3) is 3.17. The summed E-state index contributed by atoms with van der Waals surface area (Å²) in [4.78, 5) is 0. The highest BCUT2D eigenvalue weighted by Gasteiger charge is 2.13. The Morgan fingerprint density at radius 1 is 1.35 bits per heavy atom. The maximum Gasteiger partial charge on any atom is 0.0893 e. The lowest BCUT2D eigenvalue weighted by molar-refractivity contribution is 0.487. The molecule has 0 fully saturated rings. The van der Waals surface area contributed by atoms with Crippen LogP contribution in [0.2, 0.25) is 0 Å². The van der Waals surface area contributed by atoms with E-state index in [1.807, 2.05) is 23.1 Å². The average molecular weight is 294 g/mol. The van der Waals surface area contributed by atoms with Gasteiger partial charge in [-0.1, -0.05) is 37.3 Å². The zero-order chi connectivity index (χ0) is 12.1. The van der Waals surface area contributed by atoms with Crippen molar-refractivity contribution in [3.05, 3.63) is 52.8 Å². The molecule has 1 aromatic heterocycles. The molecule has 0 saturated heterocycles. The molecule has 3 nitrogen and oxygen atoms in total. The number of nitrogens with one attached hydrogen (secondary N) is 1. The molecule has 0 aliphatic rings. The van der Waals surface area contributed by atoms with Crippen molar-refractivity contribution >= 4 is 15.9 Å². The maximum atomic E-state index is 4.38. The second-order valence-electron chi connectivity index (χ2n) is 3.87. The quantitative estimate of drug-likeness (QED) is 0.919. The Balaban J connectivity index is 2.25. The Bertz CT molecular complexity index is 453. The molecule has 2 rings (SSSR count). The van der Waals surface area contributed by atoms with E-state index in [1.165, 1.54) is 5.56 Å². The number of rotatable bonds is 5. The normalized spacial score (nSPS) is 12.6. The van der Waals surface area contributed by atoms with Crippen molar-refractivity contribution in [1.82, 2.24) is 15.1 Å². The number of aromatic nitrogens is 2. The largest absolute Gasteiger partial charge is 0.315 e. The molecule has 0 bridgehead atoms. The fourth-order valence-electron chi connectivity index (χ4n) is 1.81. The van der Waals surface area contributed by atoms with Crippen molar-refractivity contribution in [2.45, 2.75) is 13.0 Å². The second kappa shape index (κ2) is 5.98. The summed E-state index contributed by atoms with van der Waals surface area (Å²) in [5, 5.41) is 7.75. The van der Waals surface area contributed by atoms with Gasteiger partial charge in [0.05, 0.1) is 16.7 Å². The zero-order valence-corrected chi connectivity index (χ0v) is 11.4. The lowest BCUT2D eigenvalue weighted by Gasteiger charge is -2.18. The molecule has 0 amide bonds. The lowest BCUT2D eigenvalue weighted by Crippen LogP contribution is -2.26. The van der Waals surface area contributed by atoms with Gasteiger partial charge in [-0.25, -0.2) is 0 Å². The number of hydrogen-bond acceptors (Lipinski definition) is 2. The summed E-state index contributed by atoms with van der Waals surface area (Å²) in [7, 11) is 0. The van der Waals surface area contributed by atoms with Gasteiger partial charge in [-0.05, 0) is 28.0 Å². The van der Waals surface area contributed by atoms with Crippen LogP contribution in [0.1, 0.15) is 18.5 Å². The van der Waals surface area contributed by atoms with Crippen LogP contribution in [0.4, 0.5) is 0 Å². The summed E-state index contributed by atoms with van der Waals surface area (Å²) >= 11 is 3.44. The molecule has 2 aromatic rings. The highest BCUT2D eigenvalue weighted by Crippen LogP contribution is 2.18. The summed E-state index contributed by atoms with van der Waals surface area (Å²) in [6.45, 7) is 3.96. The Labute approximate surface area is 110 Å². The van der Waals surface area contributed by atoms with E-state index in [0.29, 0.717) is 0 Å². The predicted molar refractivity (Wildman–Crippen MR) is 73.1 cm³/mol. The minimum Gasteiger partial charge on any atom is -0.315 e. The molecule has 0 saturated carbocycles. The van der Waals surface area contributed by atoms with Gasteiger partial charge < -0.3 is 5.32 Å². The van der Waals surface area contributed by atoms with Crippen LogP contribution < -0.4 is 5.32 Å². The molecule has 0 aliphatic carbocycles. The first-order valence-electron chi connectivity index (χ1n) is 5.76. The minimum absolute atomic E-state index is 0.238. The van der Waals surface area contributed by atoms with E-state index in [1.54, 1.807) is 0 Å². The molecule has 0 aliphatic heterocycles. The smallest absolute Gasteiger partial charge is 0.0893 e. The van der Waals surface area contributed by atoms with Gasteiger partial charge in [-0.2, -0.15) is 5.10 Å². The second-order valence-corrected chi connectivity index (χ2v) is 4.79. The number of benzene rings is 1. The molecule has 1 aromatic carbocycles. The van der Waals surface area contributed by atoms with Gasteiger partial charge >= 0.3 is 0 Å². The van der Waals surface area contributed by atoms with Crippen LogP contribution in [0.25, 0.3) is 0 Å². The van der Waals surface area contributed by atoms with Gasteiger partial charge in [0.2, 0.25) is 0 Å². The topological polar surface area (TPSA) is 29.9 Å². The Kier molecular flexibility index (Phi) is 4.34. The summed E-state index contributed by atoms with van der Waals surface area (Å²) in [5.74, 6) is 0. The third-order valence-corrected chi connectivity index (χ3v) is 3.07. The van der Waals surface area contributed by atoms with E-state index in [9.17, 15) is 0 Å². The number of halogens is 1. The maximum absolute atomic E-state index is 4.38. The van der Waals surface area contributed by atoms with Crippen molar-refractivity contribution in [3.63, 3.8) is 0 Å². The number of hydrogen-bond donors (Lipinski definition) is 1. The molecule has 0 radical (unpaired) electrons. The first-order chi connectivity index (χ1) is 8.31. The van der Waals surface area contributed by atoms with Crippen LogP contribution in [0.15, 0.2) is 47.2 Å². The molecule has 4 heteroatoms. The SMILES string of the molecule is CCNCC(c1ccccc1)n1cc(Br)cn1. The average Bonchev–Trinajstić information content (AvgIpc) is 2.78. The van der Waals surface area contributed by atoms with Crippen LogP contribution >= 0.6 is 15.9 Å².